The maximum absolute atomic E-state index is 12.3. The molecule has 1 N–H and O–H groups in total. The molecule has 6 nitrogen and oxygen atoms in total. The fraction of sp³-hybridized carbons (Fsp3) is 0.409. The molecule has 0 atom stereocenters. The molecule has 156 valence electrons. The molecule has 2 aromatic rings. The molecule has 0 aromatic heterocycles. The molecule has 1 saturated heterocycles. The molecule has 2 aromatic carbocycles. The Balaban J connectivity index is 1.44. The van der Waals surface area contributed by atoms with Gasteiger partial charge in [0.15, 0.2) is 0 Å². The molecule has 0 spiro atoms. The van der Waals surface area contributed by atoms with E-state index < -0.39 is 0 Å². The van der Waals surface area contributed by atoms with Crippen LogP contribution in [0.15, 0.2) is 42.5 Å². The van der Waals surface area contributed by atoms with Crippen LogP contribution in [0, 0.1) is 0 Å². The second-order valence-corrected chi connectivity index (χ2v) is 7.57. The van der Waals surface area contributed by atoms with Crippen LogP contribution in [-0.2, 0) is 17.9 Å². The minimum Gasteiger partial charge on any atom is -0.497 e. The molecule has 29 heavy (non-hydrogen) atoms. The van der Waals surface area contributed by atoms with Crippen LogP contribution in [0.3, 0.4) is 0 Å². The highest BCUT2D eigenvalue weighted by Crippen LogP contribution is 2.25. The predicted octanol–water partition coefficient (Wildman–Crippen LogP) is 2.79. The Hall–Kier alpha value is -2.28. The monoisotopic (exact) mass is 417 g/mol. The number of nitrogens with one attached hydrogen (secondary N) is 1. The second kappa shape index (κ2) is 10.5. The molecule has 0 saturated carbocycles. The number of piperazine rings is 1. The number of amides is 1. The van der Waals surface area contributed by atoms with Gasteiger partial charge < -0.3 is 14.8 Å². The smallest absolute Gasteiger partial charge is 0.234 e. The number of halogens is 1. The number of rotatable bonds is 8. The molecule has 0 aliphatic carbocycles. The number of nitrogens with zero attached hydrogens (tertiary/aromatic N) is 2. The van der Waals surface area contributed by atoms with E-state index in [0.29, 0.717) is 18.1 Å². The zero-order valence-electron chi connectivity index (χ0n) is 17.0. The molecule has 7 heteroatoms. The third-order valence-corrected chi connectivity index (χ3v) is 5.33. The van der Waals surface area contributed by atoms with Crippen LogP contribution >= 0.6 is 11.6 Å². The van der Waals surface area contributed by atoms with E-state index in [1.54, 1.807) is 14.2 Å². The van der Waals surface area contributed by atoms with Gasteiger partial charge in [0, 0.05) is 49.9 Å². The van der Waals surface area contributed by atoms with Gasteiger partial charge in [-0.3, -0.25) is 14.6 Å². The van der Waals surface area contributed by atoms with Crippen LogP contribution in [0.5, 0.6) is 11.5 Å². The molecule has 1 amide bonds. The molecule has 0 unspecified atom stereocenters. The van der Waals surface area contributed by atoms with Crippen molar-refractivity contribution in [3.8, 4) is 11.5 Å². The third kappa shape index (κ3) is 6.35. The number of carbonyl (C=O) groups is 1. The molecule has 1 aliphatic rings. The summed E-state index contributed by atoms with van der Waals surface area (Å²) in [7, 11) is 3.35. The number of hydrogen-bond donors (Lipinski definition) is 1. The van der Waals surface area contributed by atoms with Gasteiger partial charge in [0.25, 0.3) is 0 Å². The van der Waals surface area contributed by atoms with Crippen molar-refractivity contribution in [1.29, 1.82) is 0 Å². The highest BCUT2D eigenvalue weighted by atomic mass is 35.5. The van der Waals surface area contributed by atoms with Crippen LogP contribution in [0.25, 0.3) is 0 Å². The van der Waals surface area contributed by atoms with E-state index in [9.17, 15) is 4.79 Å². The molecular formula is C22H28ClN3O3. The topological polar surface area (TPSA) is 54.0 Å². The first-order valence-electron chi connectivity index (χ1n) is 9.74. The number of benzene rings is 2. The van der Waals surface area contributed by atoms with Gasteiger partial charge in [0.2, 0.25) is 5.91 Å². The van der Waals surface area contributed by atoms with E-state index in [4.69, 9.17) is 21.1 Å². The van der Waals surface area contributed by atoms with E-state index in [0.717, 1.165) is 55.3 Å². The highest BCUT2D eigenvalue weighted by Gasteiger charge is 2.20. The molecule has 1 heterocycles. The average molecular weight is 418 g/mol. The van der Waals surface area contributed by atoms with E-state index in [1.807, 2.05) is 42.5 Å². The van der Waals surface area contributed by atoms with Crippen molar-refractivity contribution < 1.29 is 14.3 Å². The lowest BCUT2D eigenvalue weighted by Gasteiger charge is -2.34. The Bertz CT molecular complexity index is 823. The van der Waals surface area contributed by atoms with E-state index >= 15 is 0 Å². The summed E-state index contributed by atoms with van der Waals surface area (Å²) in [5.41, 5.74) is 2.11. The van der Waals surface area contributed by atoms with Crippen molar-refractivity contribution in [3.63, 3.8) is 0 Å². The van der Waals surface area contributed by atoms with Crippen LogP contribution in [-0.4, -0.2) is 62.7 Å². The normalized spacial score (nSPS) is 15.1. The Labute approximate surface area is 177 Å². The fourth-order valence-corrected chi connectivity index (χ4v) is 3.67. The summed E-state index contributed by atoms with van der Waals surface area (Å²) in [4.78, 5) is 16.8. The van der Waals surface area contributed by atoms with Crippen LogP contribution in [0.2, 0.25) is 5.02 Å². The zero-order valence-corrected chi connectivity index (χ0v) is 17.7. The number of methoxy groups -OCH3 is 2. The van der Waals surface area contributed by atoms with Gasteiger partial charge in [-0.15, -0.1) is 0 Å². The molecule has 1 aliphatic heterocycles. The summed E-state index contributed by atoms with van der Waals surface area (Å²) < 4.78 is 10.8. The first-order valence-corrected chi connectivity index (χ1v) is 10.1. The predicted molar refractivity (Wildman–Crippen MR) is 115 cm³/mol. The molecule has 0 bridgehead atoms. The summed E-state index contributed by atoms with van der Waals surface area (Å²) in [6.45, 7) is 5.23. The largest absolute Gasteiger partial charge is 0.497 e. The first kappa shape index (κ1) is 21.4. The number of carbonyl (C=O) groups excluding carboxylic acids is 1. The summed E-state index contributed by atoms with van der Waals surface area (Å²) in [5, 5.41) is 3.65. The van der Waals surface area contributed by atoms with Gasteiger partial charge in [-0.05, 0) is 35.9 Å². The van der Waals surface area contributed by atoms with Crippen molar-refractivity contribution in [2.75, 3.05) is 46.9 Å². The van der Waals surface area contributed by atoms with Crippen molar-refractivity contribution in [2.24, 2.45) is 0 Å². The minimum absolute atomic E-state index is 0.0351. The summed E-state index contributed by atoms with van der Waals surface area (Å²) in [5.74, 6) is 1.73. The maximum atomic E-state index is 12.3. The second-order valence-electron chi connectivity index (χ2n) is 7.14. The van der Waals surface area contributed by atoms with Gasteiger partial charge in [-0.1, -0.05) is 23.7 Å². The maximum Gasteiger partial charge on any atom is 0.234 e. The molecular weight excluding hydrogens is 390 g/mol. The van der Waals surface area contributed by atoms with Crippen LogP contribution in [0.4, 0.5) is 0 Å². The number of ether oxygens (including phenoxy) is 2. The average Bonchev–Trinajstić information content (AvgIpc) is 2.73. The Morgan fingerprint density at radius 2 is 1.79 bits per heavy atom. The molecule has 3 rings (SSSR count). The Kier molecular flexibility index (Phi) is 7.75. The summed E-state index contributed by atoms with van der Waals surface area (Å²) in [6, 6.07) is 13.4. The van der Waals surface area contributed by atoms with E-state index in [2.05, 4.69) is 15.1 Å². The summed E-state index contributed by atoms with van der Waals surface area (Å²) >= 11 is 5.98. The summed E-state index contributed by atoms with van der Waals surface area (Å²) in [6.07, 6.45) is 0. The molecule has 0 radical (unpaired) electrons. The van der Waals surface area contributed by atoms with Gasteiger partial charge in [-0.2, -0.15) is 0 Å². The zero-order chi connectivity index (χ0) is 20.6. The van der Waals surface area contributed by atoms with Crippen LogP contribution in [0.1, 0.15) is 11.1 Å². The fourth-order valence-electron chi connectivity index (χ4n) is 3.46. The number of hydrogen-bond acceptors (Lipinski definition) is 5. The standard InChI is InChI=1S/C22H28ClN3O3/c1-28-20-6-7-21(29-2)18(13-20)15-25-8-10-26(11-9-25)16-22(27)24-14-17-4-3-5-19(23)12-17/h3-7,12-13H,8-11,14-16H2,1-2H3,(H,24,27). The SMILES string of the molecule is COc1ccc(OC)c(CN2CCN(CC(=O)NCc3cccc(Cl)c3)CC2)c1. The lowest BCUT2D eigenvalue weighted by atomic mass is 10.1. The molecule has 1 fully saturated rings. The lowest BCUT2D eigenvalue weighted by Crippen LogP contribution is -2.49. The van der Waals surface area contributed by atoms with Crippen molar-refractivity contribution >= 4 is 17.5 Å². The van der Waals surface area contributed by atoms with E-state index in [1.165, 1.54) is 0 Å². The quantitative estimate of drug-likeness (QED) is 0.715. The van der Waals surface area contributed by atoms with Gasteiger partial charge in [-0.25, -0.2) is 0 Å². The van der Waals surface area contributed by atoms with Gasteiger partial charge in [0.05, 0.1) is 20.8 Å². The highest BCUT2D eigenvalue weighted by molar-refractivity contribution is 6.30. The van der Waals surface area contributed by atoms with Crippen molar-refractivity contribution in [2.45, 2.75) is 13.1 Å². The van der Waals surface area contributed by atoms with Crippen LogP contribution < -0.4 is 14.8 Å². The Morgan fingerprint density at radius 3 is 2.48 bits per heavy atom. The first-order chi connectivity index (χ1) is 14.1. The Morgan fingerprint density at radius 1 is 1.03 bits per heavy atom. The van der Waals surface area contributed by atoms with Gasteiger partial charge in [0.1, 0.15) is 11.5 Å². The van der Waals surface area contributed by atoms with Crippen molar-refractivity contribution in [3.05, 3.63) is 58.6 Å². The van der Waals surface area contributed by atoms with E-state index in [-0.39, 0.29) is 5.91 Å². The minimum atomic E-state index is 0.0351. The van der Waals surface area contributed by atoms with Gasteiger partial charge >= 0.3 is 0 Å². The lowest BCUT2D eigenvalue weighted by molar-refractivity contribution is -0.122. The van der Waals surface area contributed by atoms with Crippen molar-refractivity contribution in [1.82, 2.24) is 15.1 Å². The third-order valence-electron chi connectivity index (χ3n) is 5.09.